The second-order valence-corrected chi connectivity index (χ2v) is 10.8. The van der Waals surface area contributed by atoms with Crippen LogP contribution in [-0.2, 0) is 4.79 Å². The van der Waals surface area contributed by atoms with E-state index >= 15 is 0 Å². The van der Waals surface area contributed by atoms with Gasteiger partial charge in [-0.05, 0) is 61.4 Å². The predicted octanol–water partition coefficient (Wildman–Crippen LogP) is 7.11. The van der Waals surface area contributed by atoms with Crippen LogP contribution in [0.25, 0.3) is 26.8 Å². The van der Waals surface area contributed by atoms with Gasteiger partial charge in [0.15, 0.2) is 0 Å². The summed E-state index contributed by atoms with van der Waals surface area (Å²) in [6.45, 7) is 3.86. The Kier molecular flexibility index (Phi) is 6.40. The Balaban J connectivity index is 1.29. The molecule has 0 fully saturated rings. The largest absolute Gasteiger partial charge is 0.340 e. The van der Waals surface area contributed by atoms with E-state index < -0.39 is 5.41 Å². The predicted molar refractivity (Wildman–Crippen MR) is 141 cm³/mol. The molecule has 8 heteroatoms. The van der Waals surface area contributed by atoms with E-state index in [1.54, 1.807) is 17.7 Å². The molecule has 1 aliphatic rings. The van der Waals surface area contributed by atoms with Gasteiger partial charge in [0.2, 0.25) is 0 Å². The van der Waals surface area contributed by atoms with Crippen molar-refractivity contribution >= 4 is 67.0 Å². The SMILES string of the molecule is CC(C)(CCl)C(=O)CCC1CC=C(c2cc3c(Nc4ccc5ncsc5c4)ncnc3[nH]2)CC1. The van der Waals surface area contributed by atoms with Crippen molar-refractivity contribution in [2.45, 2.75) is 46.0 Å². The Morgan fingerprint density at radius 2 is 2.15 bits per heavy atom. The minimum absolute atomic E-state index is 0.265. The van der Waals surface area contributed by atoms with Crippen molar-refractivity contribution in [1.82, 2.24) is 19.9 Å². The van der Waals surface area contributed by atoms with Gasteiger partial charge in [-0.2, -0.15) is 0 Å². The number of Topliss-reactive ketones (excluding diaryl/α,β-unsaturated/α-hetero) is 1. The molecule has 4 aromatic rings. The third kappa shape index (κ3) is 4.72. The van der Waals surface area contributed by atoms with Crippen LogP contribution >= 0.6 is 22.9 Å². The molecule has 3 heterocycles. The summed E-state index contributed by atoms with van der Waals surface area (Å²) in [5, 5.41) is 4.41. The van der Waals surface area contributed by atoms with Crippen molar-refractivity contribution in [3.8, 4) is 0 Å². The molecule has 1 aliphatic carbocycles. The lowest BCUT2D eigenvalue weighted by Gasteiger charge is -2.24. The molecule has 0 bridgehead atoms. The Morgan fingerprint density at radius 1 is 1.26 bits per heavy atom. The molecule has 6 nitrogen and oxygen atoms in total. The van der Waals surface area contributed by atoms with Crippen molar-refractivity contribution in [3.05, 3.63) is 47.9 Å². The van der Waals surface area contributed by atoms with Gasteiger partial charge in [-0.1, -0.05) is 19.9 Å². The van der Waals surface area contributed by atoms with E-state index in [-0.39, 0.29) is 5.78 Å². The average molecular weight is 494 g/mol. The van der Waals surface area contributed by atoms with Gasteiger partial charge < -0.3 is 10.3 Å². The number of anilines is 2. The van der Waals surface area contributed by atoms with Crippen molar-refractivity contribution in [2.24, 2.45) is 11.3 Å². The Bertz CT molecular complexity index is 1370. The van der Waals surface area contributed by atoms with E-state index in [4.69, 9.17) is 11.6 Å². The third-order valence-corrected chi connectivity index (χ3v) is 8.21. The minimum atomic E-state index is -0.430. The highest BCUT2D eigenvalue weighted by Crippen LogP contribution is 2.35. The van der Waals surface area contributed by atoms with Gasteiger partial charge in [0, 0.05) is 29.1 Å². The zero-order chi connectivity index (χ0) is 23.7. The van der Waals surface area contributed by atoms with Crippen LogP contribution in [0.5, 0.6) is 0 Å². The number of hydrogen-bond acceptors (Lipinski definition) is 6. The molecule has 0 saturated heterocycles. The number of aromatic amines is 1. The molecule has 1 atom stereocenters. The average Bonchev–Trinajstić information content (AvgIpc) is 3.50. The summed E-state index contributed by atoms with van der Waals surface area (Å²) in [6, 6.07) is 8.27. The normalized spacial score (nSPS) is 16.7. The number of alkyl halides is 1. The molecule has 1 unspecified atom stereocenters. The molecule has 0 amide bonds. The Labute approximate surface area is 207 Å². The quantitative estimate of drug-likeness (QED) is 0.255. The number of hydrogen-bond donors (Lipinski definition) is 2. The lowest BCUT2D eigenvalue weighted by molar-refractivity contribution is -0.126. The monoisotopic (exact) mass is 493 g/mol. The molecule has 5 rings (SSSR count). The highest BCUT2D eigenvalue weighted by molar-refractivity contribution is 7.16. The fourth-order valence-electron chi connectivity index (χ4n) is 4.43. The number of rotatable bonds is 8. The molecule has 0 aliphatic heterocycles. The smallest absolute Gasteiger partial charge is 0.143 e. The molecule has 0 radical (unpaired) electrons. The summed E-state index contributed by atoms with van der Waals surface area (Å²) in [5.74, 6) is 1.97. The number of fused-ring (bicyclic) bond motifs is 2. The Hall–Kier alpha value is -2.77. The molecular weight excluding hydrogens is 466 g/mol. The van der Waals surface area contributed by atoms with Gasteiger partial charge in [-0.3, -0.25) is 4.79 Å². The number of aromatic nitrogens is 4. The number of allylic oxidation sites excluding steroid dienone is 2. The van der Waals surface area contributed by atoms with E-state index in [1.165, 1.54) is 5.57 Å². The summed E-state index contributed by atoms with van der Waals surface area (Å²) < 4.78 is 1.14. The van der Waals surface area contributed by atoms with Crippen LogP contribution in [0.2, 0.25) is 0 Å². The summed E-state index contributed by atoms with van der Waals surface area (Å²) in [5.41, 5.74) is 6.63. The van der Waals surface area contributed by atoms with Crippen LogP contribution in [0.3, 0.4) is 0 Å². The van der Waals surface area contributed by atoms with Crippen molar-refractivity contribution in [2.75, 3.05) is 11.2 Å². The highest BCUT2D eigenvalue weighted by atomic mass is 35.5. The molecule has 0 spiro atoms. The molecule has 2 N–H and O–H groups in total. The standard InChI is InChI=1S/C26H28ClN5OS/c1-26(2,13-27)23(33)10-5-16-3-6-17(7-4-16)21-12-19-24(28-14-29-25(19)32-21)31-18-8-9-20-22(11-18)34-15-30-20/h6,8-9,11-12,14-16H,3-5,7,10,13H2,1-2H3,(H2,28,29,31,32). The molecule has 176 valence electrons. The fraction of sp³-hybridized carbons (Fsp3) is 0.385. The number of ketones is 1. The maximum absolute atomic E-state index is 12.4. The van der Waals surface area contributed by atoms with E-state index in [1.807, 2.05) is 31.5 Å². The number of carbonyl (C=O) groups excluding carboxylic acids is 1. The van der Waals surface area contributed by atoms with Crippen molar-refractivity contribution in [3.63, 3.8) is 0 Å². The molecule has 1 aromatic carbocycles. The Morgan fingerprint density at radius 3 is 2.94 bits per heavy atom. The third-order valence-electron chi connectivity index (χ3n) is 6.75. The lowest BCUT2D eigenvalue weighted by Crippen LogP contribution is -2.26. The molecule has 34 heavy (non-hydrogen) atoms. The summed E-state index contributed by atoms with van der Waals surface area (Å²) in [6.07, 6.45) is 8.50. The number of H-pyrrole nitrogens is 1. The van der Waals surface area contributed by atoms with Crippen LogP contribution in [0, 0.1) is 11.3 Å². The number of nitrogens with zero attached hydrogens (tertiary/aromatic N) is 3. The molecule has 3 aromatic heterocycles. The van der Waals surface area contributed by atoms with Gasteiger partial charge in [0.05, 0.1) is 21.1 Å². The van der Waals surface area contributed by atoms with Crippen molar-refractivity contribution < 1.29 is 4.79 Å². The first kappa shape index (κ1) is 23.0. The second kappa shape index (κ2) is 9.47. The topological polar surface area (TPSA) is 83.6 Å². The molecular formula is C26H28ClN5OS. The number of nitrogens with one attached hydrogen (secondary N) is 2. The number of carbonyl (C=O) groups is 1. The maximum Gasteiger partial charge on any atom is 0.143 e. The van der Waals surface area contributed by atoms with Crippen LogP contribution in [0.4, 0.5) is 11.5 Å². The van der Waals surface area contributed by atoms with Gasteiger partial charge in [-0.15, -0.1) is 22.9 Å². The van der Waals surface area contributed by atoms with E-state index in [0.29, 0.717) is 18.2 Å². The first-order chi connectivity index (χ1) is 16.4. The maximum atomic E-state index is 12.4. The second-order valence-electron chi connectivity index (χ2n) is 9.68. The first-order valence-corrected chi connectivity index (χ1v) is 13.1. The van der Waals surface area contributed by atoms with E-state index in [0.717, 1.165) is 64.1 Å². The van der Waals surface area contributed by atoms with Crippen LogP contribution < -0.4 is 5.32 Å². The first-order valence-electron chi connectivity index (χ1n) is 11.7. The number of thiazole rings is 1. The summed E-state index contributed by atoms with van der Waals surface area (Å²) in [4.78, 5) is 29.2. The zero-order valence-electron chi connectivity index (χ0n) is 19.4. The van der Waals surface area contributed by atoms with Gasteiger partial charge in [-0.25, -0.2) is 15.0 Å². The number of benzene rings is 1. The summed E-state index contributed by atoms with van der Waals surface area (Å²) in [7, 11) is 0. The molecule has 0 saturated carbocycles. The zero-order valence-corrected chi connectivity index (χ0v) is 21.0. The van der Waals surface area contributed by atoms with Crippen LogP contribution in [-0.4, -0.2) is 31.6 Å². The van der Waals surface area contributed by atoms with E-state index in [2.05, 4.69) is 43.5 Å². The van der Waals surface area contributed by atoms with Gasteiger partial charge >= 0.3 is 0 Å². The minimum Gasteiger partial charge on any atom is -0.340 e. The highest BCUT2D eigenvalue weighted by Gasteiger charge is 2.27. The number of halogens is 1. The summed E-state index contributed by atoms with van der Waals surface area (Å²) >= 11 is 7.58. The van der Waals surface area contributed by atoms with Gasteiger partial charge in [0.1, 0.15) is 23.6 Å². The lowest BCUT2D eigenvalue weighted by atomic mass is 9.81. The van der Waals surface area contributed by atoms with Crippen LogP contribution in [0.15, 0.2) is 42.2 Å². The van der Waals surface area contributed by atoms with Crippen molar-refractivity contribution in [1.29, 1.82) is 0 Å². The van der Waals surface area contributed by atoms with Crippen LogP contribution in [0.1, 0.15) is 51.6 Å². The van der Waals surface area contributed by atoms with Gasteiger partial charge in [0.25, 0.3) is 0 Å². The van der Waals surface area contributed by atoms with E-state index in [9.17, 15) is 4.79 Å². The fourth-order valence-corrected chi connectivity index (χ4v) is 5.29.